The molecule has 2 N–H and O–H groups in total. The van der Waals surface area contributed by atoms with Crippen molar-refractivity contribution in [1.29, 1.82) is 0 Å². The fourth-order valence-corrected chi connectivity index (χ4v) is 3.92. The van der Waals surface area contributed by atoms with Gasteiger partial charge in [-0.15, -0.1) is 0 Å². The molecule has 0 aliphatic carbocycles. The number of aromatic hydroxyl groups is 1. The van der Waals surface area contributed by atoms with Crippen molar-refractivity contribution in [3.05, 3.63) is 82.8 Å². The minimum absolute atomic E-state index is 0.0723. The summed E-state index contributed by atoms with van der Waals surface area (Å²) < 4.78 is 14.1. The molecule has 1 heterocycles. The molecule has 0 saturated carbocycles. The van der Waals surface area contributed by atoms with Crippen LogP contribution in [0.15, 0.2) is 60.8 Å². The van der Waals surface area contributed by atoms with Gasteiger partial charge < -0.3 is 15.3 Å². The van der Waals surface area contributed by atoms with Gasteiger partial charge in [0, 0.05) is 23.8 Å². The first-order valence-electron chi connectivity index (χ1n) is 10.4. The van der Waals surface area contributed by atoms with Crippen molar-refractivity contribution in [3.63, 3.8) is 0 Å². The lowest BCUT2D eigenvalue weighted by Gasteiger charge is -2.15. The number of Topliss-reactive ketones (excluding diaryl/α,β-unsaturated/α-hetero) is 1. The molecular weight excluding hydrogens is 441 g/mol. The molecule has 0 spiro atoms. The summed E-state index contributed by atoms with van der Waals surface area (Å²) in [4.78, 5) is 18.9. The molecule has 0 bridgehead atoms. The van der Waals surface area contributed by atoms with E-state index in [9.17, 15) is 14.3 Å². The summed E-state index contributed by atoms with van der Waals surface area (Å²) >= 11 is 5.97. The number of pyridine rings is 1. The van der Waals surface area contributed by atoms with Crippen molar-refractivity contribution < 1.29 is 14.3 Å². The van der Waals surface area contributed by atoms with Gasteiger partial charge in [0.25, 0.3) is 0 Å². The molecule has 7 heteroatoms. The Morgan fingerprint density at radius 2 is 1.82 bits per heavy atom. The van der Waals surface area contributed by atoms with Crippen molar-refractivity contribution in [2.45, 2.75) is 13.5 Å². The van der Waals surface area contributed by atoms with Gasteiger partial charge in [0.2, 0.25) is 0 Å². The van der Waals surface area contributed by atoms with Gasteiger partial charge in [-0.3, -0.25) is 9.78 Å². The van der Waals surface area contributed by atoms with Gasteiger partial charge in [0.15, 0.2) is 17.3 Å². The highest BCUT2D eigenvalue weighted by Crippen LogP contribution is 2.36. The molecule has 3 aromatic carbocycles. The van der Waals surface area contributed by atoms with Crippen LogP contribution in [0, 0.1) is 5.82 Å². The van der Waals surface area contributed by atoms with E-state index in [1.807, 2.05) is 44.4 Å². The predicted molar refractivity (Wildman–Crippen MR) is 131 cm³/mol. The number of hydrogen-bond donors (Lipinski definition) is 2. The number of hydrogen-bond acceptors (Lipinski definition) is 5. The number of nitrogens with zero attached hydrogens (tertiary/aromatic N) is 2. The summed E-state index contributed by atoms with van der Waals surface area (Å²) in [5.74, 6) is -1.51. The minimum Gasteiger partial charge on any atom is -0.504 e. The number of phenolic OH excluding ortho intramolecular Hbond substituents is 1. The first kappa shape index (κ1) is 22.7. The van der Waals surface area contributed by atoms with Crippen LogP contribution in [-0.4, -0.2) is 34.9 Å². The van der Waals surface area contributed by atoms with Crippen LogP contribution in [0.2, 0.25) is 5.02 Å². The standard InChI is InChI=1S/C26H23ClFN3O2/c1-15(32)21-13-29-24-9-6-17(18-11-22(27)26(33)23(28)12-18)10-20(24)25(21)30-19-7-4-16(5-8-19)14-31(2)3/h4-13,33H,14H2,1-3H3,(H,29,30). The van der Waals surface area contributed by atoms with Crippen LogP contribution in [0.25, 0.3) is 22.0 Å². The fraction of sp³-hybridized carbons (Fsp3) is 0.154. The normalized spacial score (nSPS) is 11.2. The second-order valence-corrected chi connectivity index (χ2v) is 8.59. The quantitative estimate of drug-likeness (QED) is 0.323. The summed E-state index contributed by atoms with van der Waals surface area (Å²) in [6, 6.07) is 16.2. The van der Waals surface area contributed by atoms with E-state index in [4.69, 9.17) is 11.6 Å². The van der Waals surface area contributed by atoms with E-state index in [0.29, 0.717) is 33.3 Å². The van der Waals surface area contributed by atoms with Crippen LogP contribution >= 0.6 is 11.6 Å². The highest BCUT2D eigenvalue weighted by atomic mass is 35.5. The number of anilines is 2. The summed E-state index contributed by atoms with van der Waals surface area (Å²) in [7, 11) is 4.03. The number of ketones is 1. The van der Waals surface area contributed by atoms with Crippen LogP contribution in [-0.2, 0) is 6.54 Å². The van der Waals surface area contributed by atoms with Gasteiger partial charge >= 0.3 is 0 Å². The van der Waals surface area contributed by atoms with Gasteiger partial charge in [0.05, 0.1) is 21.8 Å². The van der Waals surface area contributed by atoms with E-state index in [-0.39, 0.29) is 10.8 Å². The van der Waals surface area contributed by atoms with Gasteiger partial charge in [-0.05, 0) is 74.1 Å². The maximum Gasteiger partial charge on any atom is 0.170 e. The number of rotatable bonds is 6. The largest absolute Gasteiger partial charge is 0.504 e. The summed E-state index contributed by atoms with van der Waals surface area (Å²) in [5, 5.41) is 13.7. The zero-order valence-corrected chi connectivity index (χ0v) is 19.2. The molecule has 0 aliphatic heterocycles. The second kappa shape index (κ2) is 9.17. The number of halogens is 2. The third kappa shape index (κ3) is 4.82. The Hall–Kier alpha value is -3.48. The van der Waals surface area contributed by atoms with E-state index >= 15 is 0 Å². The highest BCUT2D eigenvalue weighted by Gasteiger charge is 2.15. The number of fused-ring (bicyclic) bond motifs is 1. The monoisotopic (exact) mass is 463 g/mol. The molecule has 33 heavy (non-hydrogen) atoms. The third-order valence-electron chi connectivity index (χ3n) is 5.32. The van der Waals surface area contributed by atoms with Crippen molar-refractivity contribution in [1.82, 2.24) is 9.88 Å². The first-order chi connectivity index (χ1) is 15.7. The van der Waals surface area contributed by atoms with E-state index in [0.717, 1.165) is 12.2 Å². The lowest BCUT2D eigenvalue weighted by Crippen LogP contribution is -2.10. The first-order valence-corrected chi connectivity index (χ1v) is 10.7. The summed E-state index contributed by atoms with van der Waals surface area (Å²) in [5.41, 5.74) is 4.94. The van der Waals surface area contributed by atoms with Gasteiger partial charge in [-0.2, -0.15) is 0 Å². The summed E-state index contributed by atoms with van der Waals surface area (Å²) in [6.45, 7) is 2.32. The van der Waals surface area contributed by atoms with Gasteiger partial charge in [-0.25, -0.2) is 4.39 Å². The number of nitrogens with one attached hydrogen (secondary N) is 1. The maximum absolute atomic E-state index is 14.1. The Morgan fingerprint density at radius 3 is 2.45 bits per heavy atom. The van der Waals surface area contributed by atoms with Crippen LogP contribution in [0.5, 0.6) is 5.75 Å². The van der Waals surface area contributed by atoms with Gasteiger partial charge in [0.1, 0.15) is 0 Å². The molecule has 168 valence electrons. The Balaban J connectivity index is 1.82. The molecular formula is C26H23ClFN3O2. The van der Waals surface area contributed by atoms with Crippen LogP contribution in [0.1, 0.15) is 22.8 Å². The molecule has 0 atom stereocenters. The Labute approximate surface area is 196 Å². The maximum atomic E-state index is 14.1. The topological polar surface area (TPSA) is 65.5 Å². The SMILES string of the molecule is CC(=O)c1cnc2ccc(-c3cc(F)c(O)c(Cl)c3)cc2c1Nc1ccc(CN(C)C)cc1. The van der Waals surface area contributed by atoms with Crippen LogP contribution < -0.4 is 5.32 Å². The lowest BCUT2D eigenvalue weighted by atomic mass is 10.00. The molecule has 4 rings (SSSR count). The zero-order chi connectivity index (χ0) is 23.7. The molecule has 0 radical (unpaired) electrons. The minimum atomic E-state index is -0.802. The van der Waals surface area contributed by atoms with Gasteiger partial charge in [-0.1, -0.05) is 29.8 Å². The molecule has 0 amide bonds. The van der Waals surface area contributed by atoms with Crippen molar-refractivity contribution in [2.75, 3.05) is 19.4 Å². The number of aromatic nitrogens is 1. The Morgan fingerprint density at radius 1 is 1.09 bits per heavy atom. The van der Waals surface area contributed by atoms with E-state index < -0.39 is 11.6 Å². The number of benzene rings is 3. The number of carbonyl (C=O) groups excluding carboxylic acids is 1. The molecule has 0 unspecified atom stereocenters. The van der Waals surface area contributed by atoms with Crippen molar-refractivity contribution in [2.24, 2.45) is 0 Å². The Kier molecular flexibility index (Phi) is 6.31. The number of phenols is 1. The molecule has 4 aromatic rings. The molecule has 0 aliphatic rings. The molecule has 1 aromatic heterocycles. The average Bonchev–Trinajstić information content (AvgIpc) is 2.77. The smallest absolute Gasteiger partial charge is 0.170 e. The summed E-state index contributed by atoms with van der Waals surface area (Å²) in [6.07, 6.45) is 1.56. The lowest BCUT2D eigenvalue weighted by molar-refractivity contribution is 0.101. The molecule has 0 fully saturated rings. The zero-order valence-electron chi connectivity index (χ0n) is 18.5. The second-order valence-electron chi connectivity index (χ2n) is 8.18. The van der Waals surface area contributed by atoms with E-state index in [1.165, 1.54) is 24.6 Å². The van der Waals surface area contributed by atoms with Crippen molar-refractivity contribution in [3.8, 4) is 16.9 Å². The van der Waals surface area contributed by atoms with E-state index in [1.54, 1.807) is 18.3 Å². The molecule has 5 nitrogen and oxygen atoms in total. The molecule has 0 saturated heterocycles. The van der Waals surface area contributed by atoms with Crippen LogP contribution in [0.3, 0.4) is 0 Å². The fourth-order valence-electron chi connectivity index (χ4n) is 3.71. The average molecular weight is 464 g/mol. The van der Waals surface area contributed by atoms with Crippen molar-refractivity contribution >= 4 is 39.7 Å². The van der Waals surface area contributed by atoms with E-state index in [2.05, 4.69) is 15.2 Å². The third-order valence-corrected chi connectivity index (χ3v) is 5.61. The Bertz CT molecular complexity index is 1330. The number of carbonyl (C=O) groups is 1. The predicted octanol–water partition coefficient (Wildman–Crippen LogP) is 6.41. The van der Waals surface area contributed by atoms with Crippen LogP contribution in [0.4, 0.5) is 15.8 Å². The highest BCUT2D eigenvalue weighted by molar-refractivity contribution is 6.32.